The summed E-state index contributed by atoms with van der Waals surface area (Å²) in [6.45, 7) is 8.65. The third kappa shape index (κ3) is 3.56. The predicted molar refractivity (Wildman–Crippen MR) is 88.6 cm³/mol. The Balaban J connectivity index is 2.05. The van der Waals surface area contributed by atoms with E-state index >= 15 is 0 Å². The van der Waals surface area contributed by atoms with Crippen LogP contribution < -0.4 is 11.1 Å². The minimum Gasteiger partial charge on any atom is -0.387 e. The molecule has 1 aromatic carbocycles. The van der Waals surface area contributed by atoms with E-state index in [1.165, 1.54) is 11.1 Å². The highest BCUT2D eigenvalue weighted by atomic mass is 16.3. The lowest BCUT2D eigenvalue weighted by Crippen LogP contribution is -2.43. The lowest BCUT2D eigenvalue weighted by molar-refractivity contribution is -0.0334. The van der Waals surface area contributed by atoms with Crippen LogP contribution in [0.3, 0.4) is 0 Å². The summed E-state index contributed by atoms with van der Waals surface area (Å²) in [5.41, 5.74) is 8.41. The first-order chi connectivity index (χ1) is 9.72. The van der Waals surface area contributed by atoms with Crippen LogP contribution in [0.2, 0.25) is 0 Å². The van der Waals surface area contributed by atoms with Crippen molar-refractivity contribution in [3.05, 3.63) is 29.3 Å². The van der Waals surface area contributed by atoms with Crippen LogP contribution in [0.5, 0.6) is 0 Å². The molecule has 1 aliphatic carbocycles. The molecule has 0 spiro atoms. The van der Waals surface area contributed by atoms with Crippen LogP contribution in [0, 0.1) is 19.3 Å². The van der Waals surface area contributed by atoms with Gasteiger partial charge in [0.25, 0.3) is 0 Å². The highest BCUT2D eigenvalue weighted by Gasteiger charge is 2.47. The van der Waals surface area contributed by atoms with Gasteiger partial charge in [0.15, 0.2) is 5.96 Å². The van der Waals surface area contributed by atoms with E-state index < -0.39 is 5.60 Å². The second-order valence-electron chi connectivity index (χ2n) is 6.97. The lowest BCUT2D eigenvalue weighted by Gasteiger charge is -2.35. The van der Waals surface area contributed by atoms with Crippen LogP contribution >= 0.6 is 0 Å². The van der Waals surface area contributed by atoms with Crippen LogP contribution in [0.15, 0.2) is 23.2 Å². The largest absolute Gasteiger partial charge is 0.387 e. The zero-order valence-electron chi connectivity index (χ0n) is 13.5. The van der Waals surface area contributed by atoms with Crippen molar-refractivity contribution in [3.8, 4) is 0 Å². The maximum Gasteiger partial charge on any atom is 0.193 e. The van der Waals surface area contributed by atoms with Crippen molar-refractivity contribution >= 4 is 11.6 Å². The van der Waals surface area contributed by atoms with Crippen molar-refractivity contribution in [1.29, 1.82) is 0 Å². The van der Waals surface area contributed by atoms with Gasteiger partial charge < -0.3 is 16.2 Å². The van der Waals surface area contributed by atoms with Crippen molar-refractivity contribution in [3.63, 3.8) is 0 Å². The summed E-state index contributed by atoms with van der Waals surface area (Å²) in [4.78, 5) is 4.36. The van der Waals surface area contributed by atoms with E-state index in [2.05, 4.69) is 44.1 Å². The molecule has 21 heavy (non-hydrogen) atoms. The number of benzene rings is 1. The van der Waals surface area contributed by atoms with E-state index in [0.29, 0.717) is 12.5 Å². The van der Waals surface area contributed by atoms with Gasteiger partial charge in [-0.1, -0.05) is 19.9 Å². The van der Waals surface area contributed by atoms with Gasteiger partial charge in [-0.2, -0.15) is 0 Å². The summed E-state index contributed by atoms with van der Waals surface area (Å²) >= 11 is 0. The Morgan fingerprint density at radius 3 is 2.38 bits per heavy atom. The standard InChI is InChI=1S/C17H27N3O/c1-12-8-13(2)10-14(9-12)20-15(18)19-11-17(21)7-5-6-16(17,3)4/h8-10,21H,5-7,11H2,1-4H3,(H3,18,19,20). The van der Waals surface area contributed by atoms with E-state index in [-0.39, 0.29) is 5.41 Å². The highest BCUT2D eigenvalue weighted by molar-refractivity contribution is 5.92. The molecule has 1 saturated carbocycles. The molecule has 0 bridgehead atoms. The van der Waals surface area contributed by atoms with Crippen LogP contribution in [0.4, 0.5) is 5.69 Å². The second-order valence-corrected chi connectivity index (χ2v) is 6.97. The number of guanidine groups is 1. The average molecular weight is 289 g/mol. The molecular formula is C17H27N3O. The fourth-order valence-corrected chi connectivity index (χ4v) is 3.14. The molecule has 0 aromatic heterocycles. The number of nitrogens with zero attached hydrogens (tertiary/aromatic N) is 1. The Morgan fingerprint density at radius 1 is 1.24 bits per heavy atom. The number of rotatable bonds is 3. The van der Waals surface area contributed by atoms with Crippen molar-refractivity contribution in [2.24, 2.45) is 16.1 Å². The van der Waals surface area contributed by atoms with Gasteiger partial charge in [0, 0.05) is 5.69 Å². The normalized spacial score (nSPS) is 25.1. The van der Waals surface area contributed by atoms with E-state index in [9.17, 15) is 5.11 Å². The monoisotopic (exact) mass is 289 g/mol. The Bertz CT molecular complexity index is 531. The molecular weight excluding hydrogens is 262 g/mol. The minimum absolute atomic E-state index is 0.100. The number of aliphatic imine (C=N–C) groups is 1. The number of nitrogens with two attached hydrogens (primary N) is 1. The number of hydrogen-bond donors (Lipinski definition) is 3. The number of aliphatic hydroxyl groups is 1. The van der Waals surface area contributed by atoms with Crippen LogP contribution in [-0.2, 0) is 0 Å². The van der Waals surface area contributed by atoms with E-state index in [1.54, 1.807) is 0 Å². The predicted octanol–water partition coefficient (Wildman–Crippen LogP) is 2.97. The Morgan fingerprint density at radius 2 is 1.86 bits per heavy atom. The van der Waals surface area contributed by atoms with Gasteiger partial charge in [0.1, 0.15) is 0 Å². The van der Waals surface area contributed by atoms with Crippen molar-refractivity contribution < 1.29 is 5.11 Å². The van der Waals surface area contributed by atoms with Crippen LogP contribution in [0.25, 0.3) is 0 Å². The smallest absolute Gasteiger partial charge is 0.193 e. The molecule has 0 aliphatic heterocycles. The summed E-state index contributed by atoms with van der Waals surface area (Å²) in [7, 11) is 0. The van der Waals surface area contributed by atoms with Gasteiger partial charge >= 0.3 is 0 Å². The van der Waals surface area contributed by atoms with Gasteiger partial charge in [-0.15, -0.1) is 0 Å². The maximum absolute atomic E-state index is 10.7. The summed E-state index contributed by atoms with van der Waals surface area (Å²) in [6.07, 6.45) is 2.87. The summed E-state index contributed by atoms with van der Waals surface area (Å²) in [6, 6.07) is 6.18. The molecule has 0 saturated heterocycles. The average Bonchev–Trinajstić information content (AvgIpc) is 2.60. The van der Waals surface area contributed by atoms with Gasteiger partial charge in [-0.05, 0) is 61.8 Å². The van der Waals surface area contributed by atoms with Gasteiger partial charge in [0.05, 0.1) is 12.1 Å². The zero-order chi connectivity index (χ0) is 15.7. The van der Waals surface area contributed by atoms with Gasteiger partial charge in [-0.3, -0.25) is 4.99 Å². The molecule has 1 aromatic rings. The zero-order valence-corrected chi connectivity index (χ0v) is 13.5. The summed E-state index contributed by atoms with van der Waals surface area (Å²) in [5.74, 6) is 0.358. The quantitative estimate of drug-likeness (QED) is 0.592. The SMILES string of the molecule is Cc1cc(C)cc(NC(N)=NCC2(O)CCCC2(C)C)c1. The number of hydrogen-bond acceptors (Lipinski definition) is 2. The first kappa shape index (κ1) is 15.8. The molecule has 4 heteroatoms. The summed E-state index contributed by atoms with van der Waals surface area (Å²) < 4.78 is 0. The van der Waals surface area contributed by atoms with Crippen molar-refractivity contribution in [2.45, 2.75) is 52.6 Å². The second kappa shape index (κ2) is 5.68. The number of anilines is 1. The van der Waals surface area contributed by atoms with Crippen LogP contribution in [-0.4, -0.2) is 23.2 Å². The molecule has 2 rings (SSSR count). The number of aryl methyl sites for hydroxylation is 2. The number of nitrogens with one attached hydrogen (secondary N) is 1. The molecule has 4 N–H and O–H groups in total. The molecule has 116 valence electrons. The Hall–Kier alpha value is -1.55. The third-order valence-corrected chi connectivity index (χ3v) is 4.66. The third-order valence-electron chi connectivity index (χ3n) is 4.66. The first-order valence-corrected chi connectivity index (χ1v) is 7.59. The molecule has 0 radical (unpaired) electrons. The first-order valence-electron chi connectivity index (χ1n) is 7.59. The van der Waals surface area contributed by atoms with Gasteiger partial charge in [-0.25, -0.2) is 0 Å². The Labute approximate surface area is 127 Å². The van der Waals surface area contributed by atoms with E-state index in [0.717, 1.165) is 24.9 Å². The molecule has 4 nitrogen and oxygen atoms in total. The molecule has 1 unspecified atom stereocenters. The Kier molecular flexibility index (Phi) is 4.28. The topological polar surface area (TPSA) is 70.6 Å². The minimum atomic E-state index is -0.748. The van der Waals surface area contributed by atoms with E-state index in [1.807, 2.05) is 12.1 Å². The fourth-order valence-electron chi connectivity index (χ4n) is 3.14. The van der Waals surface area contributed by atoms with E-state index in [4.69, 9.17) is 5.73 Å². The van der Waals surface area contributed by atoms with Crippen LogP contribution in [0.1, 0.15) is 44.2 Å². The highest BCUT2D eigenvalue weighted by Crippen LogP contribution is 2.45. The molecule has 1 fully saturated rings. The molecule has 1 atom stereocenters. The summed E-state index contributed by atoms with van der Waals surface area (Å²) in [5, 5.41) is 13.8. The fraction of sp³-hybridized carbons (Fsp3) is 0.588. The maximum atomic E-state index is 10.7. The molecule has 1 aliphatic rings. The molecule has 0 heterocycles. The van der Waals surface area contributed by atoms with Crippen molar-refractivity contribution in [2.75, 3.05) is 11.9 Å². The lowest BCUT2D eigenvalue weighted by atomic mass is 9.78. The van der Waals surface area contributed by atoms with Crippen molar-refractivity contribution in [1.82, 2.24) is 0 Å². The van der Waals surface area contributed by atoms with Gasteiger partial charge in [0.2, 0.25) is 0 Å². The molecule has 0 amide bonds.